The van der Waals surface area contributed by atoms with Gasteiger partial charge in [-0.25, -0.2) is 4.79 Å². The number of halogens is 3. The fourth-order valence-electron chi connectivity index (χ4n) is 1.10. The molecule has 1 aromatic rings. The molecule has 17 heavy (non-hydrogen) atoms. The highest BCUT2D eigenvalue weighted by molar-refractivity contribution is 5.89. The molecule has 0 aliphatic carbocycles. The Labute approximate surface area is 96.4 Å². The predicted molar refractivity (Wildman–Crippen MR) is 55.1 cm³/mol. The van der Waals surface area contributed by atoms with Gasteiger partial charge in [0.1, 0.15) is 0 Å². The molecular weight excluding hydrogens is 233 g/mol. The van der Waals surface area contributed by atoms with Crippen LogP contribution in [0.25, 0.3) is 0 Å². The number of carbonyl (C=O) groups excluding carboxylic acids is 1. The smallest absolute Gasteiger partial charge is 0.416 e. The van der Waals surface area contributed by atoms with Crippen LogP contribution in [-0.2, 0) is 15.7 Å². The maximum atomic E-state index is 12.4. The first-order chi connectivity index (χ1) is 7.84. The highest BCUT2D eigenvalue weighted by Crippen LogP contribution is 2.30. The van der Waals surface area contributed by atoms with E-state index in [1.807, 2.05) is 0 Å². The van der Waals surface area contributed by atoms with E-state index in [0.29, 0.717) is 5.56 Å². The van der Waals surface area contributed by atoms with Gasteiger partial charge in [0.25, 0.3) is 0 Å². The number of aryl methyl sites for hydroxylation is 1. The van der Waals surface area contributed by atoms with Crippen LogP contribution in [0.15, 0.2) is 18.2 Å². The van der Waals surface area contributed by atoms with Crippen LogP contribution in [0.4, 0.5) is 13.2 Å². The van der Waals surface area contributed by atoms with Crippen LogP contribution in [0.5, 0.6) is 0 Å². The van der Waals surface area contributed by atoms with E-state index < -0.39 is 17.7 Å². The van der Waals surface area contributed by atoms with Crippen LogP contribution >= 0.6 is 0 Å². The van der Waals surface area contributed by atoms with E-state index in [4.69, 9.17) is 0 Å². The number of benzene rings is 1. The minimum absolute atomic E-state index is 0.158. The quantitative estimate of drug-likeness (QED) is 0.516. The third kappa shape index (κ3) is 3.52. The molecule has 0 aromatic heterocycles. The van der Waals surface area contributed by atoms with Gasteiger partial charge in [0.2, 0.25) is 0 Å². The Kier molecular flexibility index (Phi) is 3.79. The molecule has 0 radical (unpaired) electrons. The molecule has 0 heterocycles. The second-order valence-electron chi connectivity index (χ2n) is 3.27. The van der Waals surface area contributed by atoms with Crippen molar-refractivity contribution < 1.29 is 22.7 Å². The van der Waals surface area contributed by atoms with E-state index in [-0.39, 0.29) is 5.56 Å². The lowest BCUT2D eigenvalue weighted by Crippen LogP contribution is -2.05. The van der Waals surface area contributed by atoms with Gasteiger partial charge in [0, 0.05) is 11.5 Å². The van der Waals surface area contributed by atoms with E-state index in [2.05, 4.69) is 16.6 Å². The molecule has 0 amide bonds. The van der Waals surface area contributed by atoms with Gasteiger partial charge in [-0.15, -0.1) is 0 Å². The maximum absolute atomic E-state index is 12.4. The van der Waals surface area contributed by atoms with Crippen LogP contribution in [0.2, 0.25) is 0 Å². The van der Waals surface area contributed by atoms with Crippen molar-refractivity contribution >= 4 is 5.97 Å². The summed E-state index contributed by atoms with van der Waals surface area (Å²) in [5, 5.41) is 0. The SMILES string of the molecule is COC(=O)C#Cc1cc(C(F)(F)F)ccc1C. The fourth-order valence-corrected chi connectivity index (χ4v) is 1.10. The average Bonchev–Trinajstić information content (AvgIpc) is 2.26. The third-order valence-electron chi connectivity index (χ3n) is 2.05. The molecule has 0 spiro atoms. The van der Waals surface area contributed by atoms with Crippen LogP contribution in [-0.4, -0.2) is 13.1 Å². The summed E-state index contributed by atoms with van der Waals surface area (Å²) in [5.74, 6) is 3.65. The number of methoxy groups -OCH3 is 1. The number of hydrogen-bond acceptors (Lipinski definition) is 2. The number of alkyl halides is 3. The summed E-state index contributed by atoms with van der Waals surface area (Å²) in [6.45, 7) is 1.61. The van der Waals surface area contributed by atoms with Crippen LogP contribution in [0.3, 0.4) is 0 Å². The Bertz CT molecular complexity index is 493. The molecule has 90 valence electrons. The number of hydrogen-bond donors (Lipinski definition) is 0. The van der Waals surface area contributed by atoms with Crippen molar-refractivity contribution in [3.05, 3.63) is 34.9 Å². The average molecular weight is 242 g/mol. The van der Waals surface area contributed by atoms with E-state index in [1.54, 1.807) is 6.92 Å². The zero-order chi connectivity index (χ0) is 13.1. The van der Waals surface area contributed by atoms with Crippen molar-refractivity contribution in [1.82, 2.24) is 0 Å². The summed E-state index contributed by atoms with van der Waals surface area (Å²) in [6, 6.07) is 3.19. The Balaban J connectivity index is 3.15. The number of rotatable bonds is 0. The molecule has 0 saturated heterocycles. The fraction of sp³-hybridized carbons (Fsp3) is 0.250. The van der Waals surface area contributed by atoms with Crippen molar-refractivity contribution in [2.24, 2.45) is 0 Å². The second kappa shape index (κ2) is 4.91. The van der Waals surface area contributed by atoms with Gasteiger partial charge in [0.05, 0.1) is 12.7 Å². The van der Waals surface area contributed by atoms with Gasteiger partial charge in [0.15, 0.2) is 0 Å². The van der Waals surface area contributed by atoms with Crippen molar-refractivity contribution in [2.75, 3.05) is 7.11 Å². The molecule has 1 rings (SSSR count). The first kappa shape index (κ1) is 13.1. The molecule has 5 heteroatoms. The van der Waals surface area contributed by atoms with Crippen molar-refractivity contribution in [2.45, 2.75) is 13.1 Å². The van der Waals surface area contributed by atoms with Gasteiger partial charge < -0.3 is 4.74 Å². The van der Waals surface area contributed by atoms with E-state index in [0.717, 1.165) is 19.2 Å². The van der Waals surface area contributed by atoms with Gasteiger partial charge in [-0.3, -0.25) is 0 Å². The lowest BCUT2D eigenvalue weighted by molar-refractivity contribution is -0.137. The molecule has 0 unspecified atom stereocenters. The summed E-state index contributed by atoms with van der Waals surface area (Å²) < 4.78 is 41.5. The molecule has 1 aromatic carbocycles. The summed E-state index contributed by atoms with van der Waals surface area (Å²) >= 11 is 0. The molecule has 2 nitrogen and oxygen atoms in total. The highest BCUT2D eigenvalue weighted by atomic mass is 19.4. The van der Waals surface area contributed by atoms with Crippen molar-refractivity contribution in [3.8, 4) is 11.8 Å². The first-order valence-corrected chi connectivity index (χ1v) is 4.62. The van der Waals surface area contributed by atoms with Gasteiger partial charge >= 0.3 is 12.1 Å². The Hall–Kier alpha value is -1.96. The summed E-state index contributed by atoms with van der Waals surface area (Å²) in [5.41, 5.74) is -0.0723. The lowest BCUT2D eigenvalue weighted by Gasteiger charge is -2.07. The highest BCUT2D eigenvalue weighted by Gasteiger charge is 2.30. The third-order valence-corrected chi connectivity index (χ3v) is 2.05. The number of carbonyl (C=O) groups is 1. The van der Waals surface area contributed by atoms with Crippen LogP contribution < -0.4 is 0 Å². The van der Waals surface area contributed by atoms with E-state index >= 15 is 0 Å². The summed E-state index contributed by atoms with van der Waals surface area (Å²) in [6.07, 6.45) is -4.42. The van der Waals surface area contributed by atoms with Gasteiger partial charge in [-0.1, -0.05) is 12.0 Å². The molecule has 0 N–H and O–H groups in total. The Morgan fingerprint density at radius 3 is 2.53 bits per heavy atom. The predicted octanol–water partition coefficient (Wildman–Crippen LogP) is 2.54. The largest absolute Gasteiger partial charge is 0.459 e. The zero-order valence-corrected chi connectivity index (χ0v) is 9.18. The monoisotopic (exact) mass is 242 g/mol. The minimum Gasteiger partial charge on any atom is -0.459 e. The maximum Gasteiger partial charge on any atom is 0.416 e. The van der Waals surface area contributed by atoms with E-state index in [9.17, 15) is 18.0 Å². The normalized spacial score (nSPS) is 10.4. The lowest BCUT2D eigenvalue weighted by atomic mass is 10.1. The summed E-state index contributed by atoms with van der Waals surface area (Å²) in [7, 11) is 1.15. The number of ether oxygens (including phenoxy) is 1. The van der Waals surface area contributed by atoms with Gasteiger partial charge in [-0.2, -0.15) is 13.2 Å². The first-order valence-electron chi connectivity index (χ1n) is 4.62. The van der Waals surface area contributed by atoms with Crippen molar-refractivity contribution in [3.63, 3.8) is 0 Å². The topological polar surface area (TPSA) is 26.3 Å². The van der Waals surface area contributed by atoms with Crippen molar-refractivity contribution in [1.29, 1.82) is 0 Å². The summed E-state index contributed by atoms with van der Waals surface area (Å²) in [4.78, 5) is 10.8. The molecule has 0 fully saturated rings. The molecule has 0 aliphatic rings. The molecule has 0 atom stereocenters. The van der Waals surface area contributed by atoms with Crippen LogP contribution in [0, 0.1) is 18.8 Å². The number of esters is 1. The van der Waals surface area contributed by atoms with Crippen LogP contribution in [0.1, 0.15) is 16.7 Å². The second-order valence-corrected chi connectivity index (χ2v) is 3.27. The minimum atomic E-state index is -4.42. The standard InChI is InChI=1S/C12H9F3O2/c1-8-3-5-10(12(13,14)15)7-9(8)4-6-11(16)17-2/h3,5,7H,1-2H3. The molecular formula is C12H9F3O2. The molecule has 0 saturated carbocycles. The molecule has 0 aliphatic heterocycles. The van der Waals surface area contributed by atoms with E-state index in [1.165, 1.54) is 6.07 Å². The zero-order valence-electron chi connectivity index (χ0n) is 9.18. The Morgan fingerprint density at radius 2 is 2.00 bits per heavy atom. The molecule has 0 bridgehead atoms. The Morgan fingerprint density at radius 1 is 1.35 bits per heavy atom. The van der Waals surface area contributed by atoms with Gasteiger partial charge in [-0.05, 0) is 24.6 Å².